The van der Waals surface area contributed by atoms with Gasteiger partial charge in [-0.05, 0) is 72.8 Å². The molecule has 0 aliphatic heterocycles. The van der Waals surface area contributed by atoms with Crippen LogP contribution in [0.2, 0.25) is 0 Å². The number of carbonyl (C=O) groups is 4. The molecule has 0 unspecified atom stereocenters. The van der Waals surface area contributed by atoms with E-state index in [-0.39, 0.29) is 22.3 Å². The van der Waals surface area contributed by atoms with Crippen LogP contribution < -0.4 is 20.1 Å². The van der Waals surface area contributed by atoms with Gasteiger partial charge in [0.15, 0.2) is 0 Å². The van der Waals surface area contributed by atoms with Crippen molar-refractivity contribution in [2.24, 2.45) is 0 Å². The van der Waals surface area contributed by atoms with Gasteiger partial charge in [0, 0.05) is 40.7 Å². The lowest BCUT2D eigenvalue weighted by Crippen LogP contribution is -2.16. The summed E-state index contributed by atoms with van der Waals surface area (Å²) in [5.74, 6) is 2.51. The van der Waals surface area contributed by atoms with Crippen LogP contribution in [-0.4, -0.2) is 34.0 Å². The molecule has 0 heterocycles. The van der Waals surface area contributed by atoms with Gasteiger partial charge in [-0.25, -0.2) is 9.59 Å². The first kappa shape index (κ1) is 32.1. The Morgan fingerprint density at radius 2 is 0.875 bits per heavy atom. The van der Waals surface area contributed by atoms with E-state index in [1.807, 2.05) is 0 Å². The number of carbonyl (C=O) groups excluding carboxylic acids is 2. The molecule has 5 rings (SSSR count). The van der Waals surface area contributed by atoms with Crippen LogP contribution in [0, 0.1) is 24.7 Å². The van der Waals surface area contributed by atoms with Crippen LogP contribution in [0.25, 0.3) is 0 Å². The highest BCUT2D eigenvalue weighted by molar-refractivity contribution is 6.11. The summed E-state index contributed by atoms with van der Waals surface area (Å²) in [6.07, 6.45) is 10.8. The minimum atomic E-state index is -1.26. The molecule has 2 amide bonds. The van der Waals surface area contributed by atoms with Gasteiger partial charge in [0.25, 0.3) is 11.8 Å². The average molecular weight is 637 g/mol. The summed E-state index contributed by atoms with van der Waals surface area (Å²) in [5, 5.41) is 24.3. The first-order valence-electron chi connectivity index (χ1n) is 14.1. The van der Waals surface area contributed by atoms with Crippen LogP contribution in [0.5, 0.6) is 23.0 Å². The second-order valence-corrected chi connectivity index (χ2v) is 10.1. The fourth-order valence-electron chi connectivity index (χ4n) is 4.56. The van der Waals surface area contributed by atoms with Crippen molar-refractivity contribution in [1.82, 2.24) is 0 Å². The second kappa shape index (κ2) is 14.2. The van der Waals surface area contributed by atoms with Crippen LogP contribution in [0.4, 0.5) is 11.4 Å². The Labute approximate surface area is 274 Å². The number of terminal acetylenes is 2. The van der Waals surface area contributed by atoms with Gasteiger partial charge >= 0.3 is 11.9 Å². The predicted octanol–water partition coefficient (Wildman–Crippen LogP) is 7.13. The maximum Gasteiger partial charge on any atom is 0.336 e. The van der Waals surface area contributed by atoms with Gasteiger partial charge < -0.3 is 30.3 Å². The van der Waals surface area contributed by atoms with Crippen molar-refractivity contribution in [2.45, 2.75) is 0 Å². The van der Waals surface area contributed by atoms with E-state index in [9.17, 15) is 29.4 Å². The Morgan fingerprint density at radius 1 is 0.500 bits per heavy atom. The molecule has 0 atom stereocenters. The number of carboxylic acid groups (broad SMARTS) is 2. The Hall–Kier alpha value is -7.30. The molecule has 0 spiro atoms. The van der Waals surface area contributed by atoms with Crippen molar-refractivity contribution in [3.8, 4) is 47.7 Å². The monoisotopic (exact) mass is 636 g/mol. The number of anilines is 2. The molecule has 4 N–H and O–H groups in total. The SMILES string of the molecule is C#Cc1ccc(C(=O)O)c(C(=O)Nc2cccc(Oc3cccc(Oc4cccc(NC(=O)c5cc(C#C)ccc5C(=O)O)c4)c3)c2)c1. The van der Waals surface area contributed by atoms with Crippen molar-refractivity contribution in [2.75, 3.05) is 10.6 Å². The largest absolute Gasteiger partial charge is 0.478 e. The summed E-state index contributed by atoms with van der Waals surface area (Å²) in [4.78, 5) is 49.2. The van der Waals surface area contributed by atoms with Gasteiger partial charge in [0.2, 0.25) is 0 Å². The number of aromatic carboxylic acids is 2. The van der Waals surface area contributed by atoms with Crippen molar-refractivity contribution >= 4 is 35.1 Å². The number of rotatable bonds is 10. The normalized spacial score (nSPS) is 10.1. The van der Waals surface area contributed by atoms with Crippen LogP contribution >= 0.6 is 0 Å². The lowest BCUT2D eigenvalue weighted by atomic mass is 10.0. The van der Waals surface area contributed by atoms with E-state index in [4.69, 9.17) is 22.3 Å². The summed E-state index contributed by atoms with van der Waals surface area (Å²) < 4.78 is 12.0. The second-order valence-electron chi connectivity index (χ2n) is 10.1. The zero-order valence-electron chi connectivity index (χ0n) is 24.9. The quantitative estimate of drug-likeness (QED) is 0.118. The van der Waals surface area contributed by atoms with E-state index < -0.39 is 23.8 Å². The summed E-state index contributed by atoms with van der Waals surface area (Å²) in [5.41, 5.74) is 0.891. The number of nitrogens with one attached hydrogen (secondary N) is 2. The molecule has 5 aromatic carbocycles. The van der Waals surface area contributed by atoms with Crippen LogP contribution in [0.1, 0.15) is 52.6 Å². The van der Waals surface area contributed by atoms with Gasteiger partial charge in [-0.3, -0.25) is 9.59 Å². The third kappa shape index (κ3) is 7.67. The molecule has 0 radical (unpaired) electrons. The van der Waals surface area contributed by atoms with Crippen LogP contribution in [0.3, 0.4) is 0 Å². The average Bonchev–Trinajstić information content (AvgIpc) is 3.08. The molecule has 10 nitrogen and oxygen atoms in total. The lowest BCUT2D eigenvalue weighted by molar-refractivity contribution is 0.0683. The highest BCUT2D eigenvalue weighted by Gasteiger charge is 2.19. The Bertz CT molecular complexity index is 2020. The summed E-state index contributed by atoms with van der Waals surface area (Å²) in [6.45, 7) is 0. The molecule has 234 valence electrons. The fourth-order valence-corrected chi connectivity index (χ4v) is 4.56. The van der Waals surface area contributed by atoms with Crippen molar-refractivity contribution < 1.29 is 38.9 Å². The molecule has 0 aliphatic rings. The molecule has 0 bridgehead atoms. The molecular weight excluding hydrogens is 612 g/mol. The zero-order chi connectivity index (χ0) is 34.2. The smallest absolute Gasteiger partial charge is 0.336 e. The molecule has 0 saturated heterocycles. The van der Waals surface area contributed by atoms with Crippen LogP contribution in [0.15, 0.2) is 109 Å². The summed E-state index contributed by atoms with van der Waals surface area (Å²) in [6, 6.07) is 27.9. The first-order chi connectivity index (χ1) is 23.1. The predicted molar refractivity (Wildman–Crippen MR) is 178 cm³/mol. The van der Waals surface area contributed by atoms with E-state index in [2.05, 4.69) is 22.5 Å². The highest BCUT2D eigenvalue weighted by atomic mass is 16.5. The van der Waals surface area contributed by atoms with Crippen LogP contribution in [-0.2, 0) is 0 Å². The van der Waals surface area contributed by atoms with Gasteiger partial charge in [-0.15, -0.1) is 12.8 Å². The van der Waals surface area contributed by atoms with E-state index >= 15 is 0 Å². The van der Waals surface area contributed by atoms with E-state index in [0.29, 0.717) is 45.5 Å². The molecule has 5 aromatic rings. The molecule has 10 heteroatoms. The van der Waals surface area contributed by atoms with Gasteiger partial charge in [0.1, 0.15) is 23.0 Å². The van der Waals surface area contributed by atoms with E-state index in [1.54, 1.807) is 72.8 Å². The third-order valence-corrected chi connectivity index (χ3v) is 6.78. The van der Waals surface area contributed by atoms with Crippen molar-refractivity contribution in [1.29, 1.82) is 0 Å². The molecule has 0 saturated carbocycles. The third-order valence-electron chi connectivity index (χ3n) is 6.78. The topological polar surface area (TPSA) is 151 Å². The van der Waals surface area contributed by atoms with Gasteiger partial charge in [-0.2, -0.15) is 0 Å². The standard InChI is InChI=1S/C38H24N2O8/c1-3-23-14-16-31(37(43)44)33(18-23)35(41)39-25-8-5-10-27(20-25)47-29-12-7-13-30(22-29)48-28-11-6-9-26(21-28)40-36(42)34-19-24(4-2)15-17-32(34)38(45)46/h1-2,5-22H,(H,39,41)(H,40,42)(H,43,44)(H,45,46). The number of ether oxygens (including phenoxy) is 2. The Balaban J connectivity index is 1.27. The number of hydrogen-bond acceptors (Lipinski definition) is 6. The fraction of sp³-hybridized carbons (Fsp3) is 0. The maximum atomic E-state index is 13.0. The summed E-state index contributed by atoms with van der Waals surface area (Å²) in [7, 11) is 0. The Morgan fingerprint density at radius 3 is 1.25 bits per heavy atom. The lowest BCUT2D eigenvalue weighted by Gasteiger charge is -2.12. The number of benzene rings is 5. The van der Waals surface area contributed by atoms with Gasteiger partial charge in [0.05, 0.1) is 22.3 Å². The van der Waals surface area contributed by atoms with E-state index in [1.165, 1.54) is 36.4 Å². The Kier molecular flexibility index (Phi) is 9.50. The molecule has 0 aliphatic carbocycles. The zero-order valence-corrected chi connectivity index (χ0v) is 24.9. The maximum absolute atomic E-state index is 13.0. The molecular formula is C38H24N2O8. The number of hydrogen-bond donors (Lipinski definition) is 4. The van der Waals surface area contributed by atoms with E-state index in [0.717, 1.165) is 0 Å². The number of amides is 2. The molecule has 0 aromatic heterocycles. The van der Waals surface area contributed by atoms with Crippen molar-refractivity contribution in [3.05, 3.63) is 143 Å². The summed E-state index contributed by atoms with van der Waals surface area (Å²) >= 11 is 0. The van der Waals surface area contributed by atoms with Crippen molar-refractivity contribution in [3.63, 3.8) is 0 Å². The molecule has 0 fully saturated rings. The number of carboxylic acids is 2. The minimum Gasteiger partial charge on any atom is -0.478 e. The minimum absolute atomic E-state index is 0.0825. The first-order valence-corrected chi connectivity index (χ1v) is 14.1. The highest BCUT2D eigenvalue weighted by Crippen LogP contribution is 2.31. The molecule has 48 heavy (non-hydrogen) atoms. The van der Waals surface area contributed by atoms with Gasteiger partial charge in [-0.1, -0.05) is 30.0 Å².